The molecule has 1 aliphatic carbocycles. The minimum Gasteiger partial charge on any atom is -0.382 e. The highest BCUT2D eigenvalue weighted by Crippen LogP contribution is 2.27. The Labute approximate surface area is 135 Å². The summed E-state index contributed by atoms with van der Waals surface area (Å²) in [5.41, 5.74) is 5.63. The van der Waals surface area contributed by atoms with Crippen LogP contribution in [0.15, 0.2) is 46.9 Å². The van der Waals surface area contributed by atoms with Gasteiger partial charge in [0.2, 0.25) is 0 Å². The van der Waals surface area contributed by atoms with E-state index in [2.05, 4.69) is 77.6 Å². The van der Waals surface area contributed by atoms with Gasteiger partial charge < -0.3 is 5.32 Å². The molecule has 110 valence electrons. The van der Waals surface area contributed by atoms with Gasteiger partial charge in [-0.25, -0.2) is 0 Å². The van der Waals surface area contributed by atoms with Crippen molar-refractivity contribution in [3.05, 3.63) is 63.6 Å². The Morgan fingerprint density at radius 3 is 2.52 bits per heavy atom. The molecule has 0 bridgehead atoms. The molecule has 2 aromatic rings. The number of nitrogens with one attached hydrogen (secondary N) is 1. The Bertz CT molecular complexity index is 616. The second-order valence-electron chi connectivity index (χ2n) is 6.27. The first-order valence-corrected chi connectivity index (χ1v) is 8.55. The Kier molecular flexibility index (Phi) is 4.34. The molecule has 0 amide bonds. The van der Waals surface area contributed by atoms with Crippen LogP contribution in [0.4, 0.5) is 5.69 Å². The Morgan fingerprint density at radius 2 is 1.81 bits per heavy atom. The zero-order chi connectivity index (χ0) is 14.8. The number of hydrogen-bond acceptors (Lipinski definition) is 1. The van der Waals surface area contributed by atoms with Crippen LogP contribution in [0.5, 0.6) is 0 Å². The number of rotatable bonds is 3. The first kappa shape index (κ1) is 14.6. The molecule has 1 nitrogen and oxygen atoms in total. The summed E-state index contributed by atoms with van der Waals surface area (Å²) in [6.45, 7) is 4.47. The second-order valence-corrected chi connectivity index (χ2v) is 7.19. The molecule has 0 saturated heterocycles. The van der Waals surface area contributed by atoms with E-state index in [1.54, 1.807) is 0 Å². The maximum atomic E-state index is 3.69. The van der Waals surface area contributed by atoms with Gasteiger partial charge in [-0.3, -0.25) is 0 Å². The molecule has 3 rings (SSSR count). The first-order valence-electron chi connectivity index (χ1n) is 7.75. The molecule has 0 spiro atoms. The van der Waals surface area contributed by atoms with Gasteiger partial charge in [0.15, 0.2) is 0 Å². The van der Waals surface area contributed by atoms with Crippen molar-refractivity contribution in [2.24, 2.45) is 0 Å². The molecule has 0 heterocycles. The fraction of sp³-hybridized carbons (Fsp3) is 0.368. The molecule has 1 atom stereocenters. The highest BCUT2D eigenvalue weighted by Gasteiger charge is 2.18. The van der Waals surface area contributed by atoms with Crippen molar-refractivity contribution in [3.63, 3.8) is 0 Å². The lowest BCUT2D eigenvalue weighted by molar-refractivity contribution is 0.610. The van der Waals surface area contributed by atoms with E-state index in [9.17, 15) is 0 Å². The Balaban J connectivity index is 1.68. The largest absolute Gasteiger partial charge is 0.382 e. The quantitative estimate of drug-likeness (QED) is 0.771. The van der Waals surface area contributed by atoms with Crippen molar-refractivity contribution in [3.8, 4) is 0 Å². The van der Waals surface area contributed by atoms with Crippen LogP contribution in [0.2, 0.25) is 0 Å². The summed E-state index contributed by atoms with van der Waals surface area (Å²) in [6.07, 6.45) is 3.49. The third-order valence-electron chi connectivity index (χ3n) is 4.34. The summed E-state index contributed by atoms with van der Waals surface area (Å²) in [7, 11) is 0. The van der Waals surface area contributed by atoms with Crippen molar-refractivity contribution in [1.82, 2.24) is 0 Å². The molecular formula is C19H22BrN. The van der Waals surface area contributed by atoms with Crippen molar-refractivity contribution in [1.29, 1.82) is 0 Å². The van der Waals surface area contributed by atoms with Gasteiger partial charge in [0.25, 0.3) is 0 Å². The van der Waals surface area contributed by atoms with Gasteiger partial charge >= 0.3 is 0 Å². The first-order chi connectivity index (χ1) is 10.1. The van der Waals surface area contributed by atoms with Crippen molar-refractivity contribution in [2.75, 3.05) is 5.32 Å². The molecule has 0 saturated carbocycles. The summed E-state index contributed by atoms with van der Waals surface area (Å²) in [4.78, 5) is 0. The number of aryl methyl sites for hydroxylation is 1. The average Bonchev–Trinajstić information content (AvgIpc) is 2.48. The molecule has 1 N–H and O–H groups in total. The molecule has 0 aliphatic heterocycles. The topological polar surface area (TPSA) is 12.0 Å². The molecular weight excluding hydrogens is 322 g/mol. The molecule has 2 aromatic carbocycles. The zero-order valence-corrected chi connectivity index (χ0v) is 14.3. The Hall–Kier alpha value is -1.28. The number of halogens is 1. The van der Waals surface area contributed by atoms with Crippen LogP contribution in [0.3, 0.4) is 0 Å². The zero-order valence-electron chi connectivity index (χ0n) is 12.7. The second kappa shape index (κ2) is 6.23. The van der Waals surface area contributed by atoms with E-state index in [1.807, 2.05) is 0 Å². The van der Waals surface area contributed by atoms with E-state index in [1.165, 1.54) is 33.3 Å². The van der Waals surface area contributed by atoms with Crippen molar-refractivity contribution >= 4 is 21.6 Å². The van der Waals surface area contributed by atoms with Crippen LogP contribution < -0.4 is 5.32 Å². The minimum absolute atomic E-state index is 0.545. The summed E-state index contributed by atoms with van der Waals surface area (Å²) in [5.74, 6) is 0.596. The van der Waals surface area contributed by atoms with Gasteiger partial charge in [-0.2, -0.15) is 0 Å². The predicted molar refractivity (Wildman–Crippen MR) is 94.1 cm³/mol. The molecule has 0 fully saturated rings. The van der Waals surface area contributed by atoms with Gasteiger partial charge in [-0.1, -0.05) is 48.0 Å². The minimum atomic E-state index is 0.545. The molecule has 2 heteroatoms. The van der Waals surface area contributed by atoms with Gasteiger partial charge in [0, 0.05) is 16.2 Å². The SMILES string of the molecule is CC(C)c1ccc(NC2CCc3cc(Br)ccc3C2)cc1. The lowest BCUT2D eigenvalue weighted by atomic mass is 9.88. The number of hydrogen-bond donors (Lipinski definition) is 1. The van der Waals surface area contributed by atoms with E-state index < -0.39 is 0 Å². The molecule has 21 heavy (non-hydrogen) atoms. The van der Waals surface area contributed by atoms with E-state index >= 15 is 0 Å². The van der Waals surface area contributed by atoms with Gasteiger partial charge in [0.1, 0.15) is 0 Å². The Morgan fingerprint density at radius 1 is 1.05 bits per heavy atom. The third kappa shape index (κ3) is 3.49. The number of benzene rings is 2. The molecule has 0 radical (unpaired) electrons. The number of anilines is 1. The maximum Gasteiger partial charge on any atom is 0.0342 e. The van der Waals surface area contributed by atoms with Crippen LogP contribution in [-0.4, -0.2) is 6.04 Å². The molecule has 0 aromatic heterocycles. The lowest BCUT2D eigenvalue weighted by Gasteiger charge is -2.26. The van der Waals surface area contributed by atoms with Crippen LogP contribution in [0.1, 0.15) is 42.9 Å². The van der Waals surface area contributed by atoms with Crippen LogP contribution in [0, 0.1) is 0 Å². The van der Waals surface area contributed by atoms with Crippen LogP contribution in [-0.2, 0) is 12.8 Å². The van der Waals surface area contributed by atoms with Crippen molar-refractivity contribution < 1.29 is 0 Å². The highest BCUT2D eigenvalue weighted by molar-refractivity contribution is 9.10. The summed E-state index contributed by atoms with van der Waals surface area (Å²) >= 11 is 3.56. The molecule has 1 aliphatic rings. The van der Waals surface area contributed by atoms with Crippen LogP contribution >= 0.6 is 15.9 Å². The maximum absolute atomic E-state index is 3.69. The lowest BCUT2D eigenvalue weighted by Crippen LogP contribution is -2.27. The van der Waals surface area contributed by atoms with E-state index in [0.29, 0.717) is 12.0 Å². The molecule has 1 unspecified atom stereocenters. The highest BCUT2D eigenvalue weighted by atomic mass is 79.9. The summed E-state index contributed by atoms with van der Waals surface area (Å²) < 4.78 is 1.19. The van der Waals surface area contributed by atoms with Gasteiger partial charge in [0.05, 0.1) is 0 Å². The monoisotopic (exact) mass is 343 g/mol. The fourth-order valence-electron chi connectivity index (χ4n) is 3.05. The number of fused-ring (bicyclic) bond motifs is 1. The average molecular weight is 344 g/mol. The van der Waals surface area contributed by atoms with Crippen molar-refractivity contribution in [2.45, 2.75) is 45.1 Å². The third-order valence-corrected chi connectivity index (χ3v) is 4.84. The predicted octanol–water partition coefficient (Wildman–Crippen LogP) is 5.54. The summed E-state index contributed by atoms with van der Waals surface area (Å²) in [5, 5.41) is 3.69. The van der Waals surface area contributed by atoms with Crippen LogP contribution in [0.25, 0.3) is 0 Å². The smallest absolute Gasteiger partial charge is 0.0342 e. The van der Waals surface area contributed by atoms with E-state index in [-0.39, 0.29) is 0 Å². The summed E-state index contributed by atoms with van der Waals surface area (Å²) in [6, 6.07) is 16.1. The van der Waals surface area contributed by atoms with Gasteiger partial charge in [-0.05, 0) is 66.1 Å². The standard InChI is InChI=1S/C19H22BrN/c1-13(2)14-4-8-18(9-5-14)21-19-10-6-15-11-17(20)7-3-16(15)12-19/h3-5,7-9,11,13,19,21H,6,10,12H2,1-2H3. The van der Waals surface area contributed by atoms with Gasteiger partial charge in [-0.15, -0.1) is 0 Å². The normalized spacial score (nSPS) is 17.6. The van der Waals surface area contributed by atoms with E-state index in [4.69, 9.17) is 0 Å². The fourth-order valence-corrected chi connectivity index (χ4v) is 3.46. The van der Waals surface area contributed by atoms with E-state index in [0.717, 1.165) is 12.8 Å².